The molecule has 1 rings (SSSR count). The summed E-state index contributed by atoms with van der Waals surface area (Å²) in [6.07, 6.45) is 0. The van der Waals surface area contributed by atoms with Crippen molar-refractivity contribution < 1.29 is 9.53 Å². The van der Waals surface area contributed by atoms with Crippen molar-refractivity contribution in [3.63, 3.8) is 0 Å². The van der Waals surface area contributed by atoms with Gasteiger partial charge in [0.25, 0.3) is 0 Å². The Morgan fingerprint density at radius 1 is 1.75 bits per heavy atom. The van der Waals surface area contributed by atoms with Crippen molar-refractivity contribution in [1.29, 1.82) is 0 Å². The lowest BCUT2D eigenvalue weighted by Crippen LogP contribution is -2.51. The van der Waals surface area contributed by atoms with E-state index < -0.39 is 0 Å². The molecule has 0 aromatic heterocycles. The van der Waals surface area contributed by atoms with E-state index in [-0.39, 0.29) is 11.9 Å². The number of hydrogen-bond donors (Lipinski definition) is 1. The van der Waals surface area contributed by atoms with Crippen LogP contribution in [0.3, 0.4) is 0 Å². The Balaban J connectivity index is 2.48. The number of nitrogens with zero attached hydrogens (tertiary/aromatic N) is 1. The molecule has 1 heterocycles. The molecule has 70 valence electrons. The molecule has 1 aliphatic heterocycles. The molecule has 0 aromatic carbocycles. The average molecular weight is 172 g/mol. The van der Waals surface area contributed by atoms with Crippen LogP contribution < -0.4 is 5.32 Å². The predicted molar refractivity (Wildman–Crippen MR) is 45.9 cm³/mol. The van der Waals surface area contributed by atoms with Gasteiger partial charge >= 0.3 is 0 Å². The topological polar surface area (TPSA) is 41.6 Å². The van der Waals surface area contributed by atoms with Gasteiger partial charge in [0.1, 0.15) is 0 Å². The van der Waals surface area contributed by atoms with Gasteiger partial charge in [0.15, 0.2) is 0 Å². The van der Waals surface area contributed by atoms with Crippen LogP contribution in [0.5, 0.6) is 0 Å². The van der Waals surface area contributed by atoms with E-state index in [9.17, 15) is 4.79 Å². The summed E-state index contributed by atoms with van der Waals surface area (Å²) in [6, 6.07) is 0.209. The average Bonchev–Trinajstić information content (AvgIpc) is 2.05. The second kappa shape index (κ2) is 4.42. The quantitative estimate of drug-likeness (QED) is 0.608. The summed E-state index contributed by atoms with van der Waals surface area (Å²) >= 11 is 0. The molecule has 1 saturated heterocycles. The number of amides is 1. The lowest BCUT2D eigenvalue weighted by Gasteiger charge is -2.34. The van der Waals surface area contributed by atoms with Gasteiger partial charge in [-0.25, -0.2) is 0 Å². The van der Waals surface area contributed by atoms with E-state index in [1.54, 1.807) is 6.92 Å². The highest BCUT2D eigenvalue weighted by atomic mass is 16.5. The van der Waals surface area contributed by atoms with Crippen LogP contribution in [0.15, 0.2) is 0 Å². The number of hydrogen-bond acceptors (Lipinski definition) is 3. The molecule has 0 aromatic rings. The zero-order chi connectivity index (χ0) is 8.97. The third kappa shape index (κ3) is 2.19. The molecule has 4 heteroatoms. The van der Waals surface area contributed by atoms with Crippen molar-refractivity contribution in [3.8, 4) is 0 Å². The van der Waals surface area contributed by atoms with Crippen LogP contribution in [0.2, 0.25) is 0 Å². The van der Waals surface area contributed by atoms with Crippen LogP contribution in [0.1, 0.15) is 6.92 Å². The van der Waals surface area contributed by atoms with Gasteiger partial charge in [0.2, 0.25) is 5.91 Å². The van der Waals surface area contributed by atoms with Gasteiger partial charge in [-0.05, 0) is 7.05 Å². The molecule has 1 aliphatic rings. The van der Waals surface area contributed by atoms with E-state index in [1.807, 2.05) is 11.9 Å². The number of ether oxygens (including phenoxy) is 1. The minimum atomic E-state index is 0.138. The van der Waals surface area contributed by atoms with Gasteiger partial charge in [-0.15, -0.1) is 0 Å². The molecule has 1 amide bonds. The summed E-state index contributed by atoms with van der Waals surface area (Å²) in [4.78, 5) is 13.0. The maximum Gasteiger partial charge on any atom is 0.219 e. The number of carbonyl (C=O) groups excluding carboxylic acids is 1. The second-order valence-corrected chi connectivity index (χ2v) is 3.00. The minimum Gasteiger partial charge on any atom is -0.377 e. The third-order valence-electron chi connectivity index (χ3n) is 2.07. The first-order valence-corrected chi connectivity index (χ1v) is 4.25. The van der Waals surface area contributed by atoms with E-state index in [0.29, 0.717) is 13.2 Å². The van der Waals surface area contributed by atoms with E-state index in [4.69, 9.17) is 4.74 Å². The standard InChI is InChI=1S/C8H16N2O2/c1-7(11)10-3-4-12-6-8(10)5-9-2/h8-9H,3-6H2,1-2H3. The van der Waals surface area contributed by atoms with Crippen LogP contribution in [0.25, 0.3) is 0 Å². The predicted octanol–water partition coefficient (Wildman–Crippen LogP) is -0.547. The van der Waals surface area contributed by atoms with Crippen molar-refractivity contribution in [2.24, 2.45) is 0 Å². The van der Waals surface area contributed by atoms with Gasteiger partial charge in [0.05, 0.1) is 19.3 Å². The highest BCUT2D eigenvalue weighted by Crippen LogP contribution is 2.05. The Morgan fingerprint density at radius 2 is 2.50 bits per heavy atom. The van der Waals surface area contributed by atoms with Crippen LogP contribution in [-0.2, 0) is 9.53 Å². The maximum atomic E-state index is 11.1. The number of likely N-dealkylation sites (N-methyl/N-ethyl adjacent to an activating group) is 1. The third-order valence-corrected chi connectivity index (χ3v) is 2.07. The molecule has 12 heavy (non-hydrogen) atoms. The number of rotatable bonds is 2. The molecular weight excluding hydrogens is 156 g/mol. The molecule has 1 fully saturated rings. The molecule has 4 nitrogen and oxygen atoms in total. The monoisotopic (exact) mass is 172 g/mol. The van der Waals surface area contributed by atoms with Gasteiger partial charge in [-0.2, -0.15) is 0 Å². The van der Waals surface area contributed by atoms with Crippen molar-refractivity contribution in [2.75, 3.05) is 33.4 Å². The highest BCUT2D eigenvalue weighted by Gasteiger charge is 2.23. The van der Waals surface area contributed by atoms with Gasteiger partial charge < -0.3 is 15.0 Å². The SMILES string of the molecule is CNCC1COCCN1C(C)=O. The maximum absolute atomic E-state index is 11.1. The van der Waals surface area contributed by atoms with Crippen LogP contribution in [0.4, 0.5) is 0 Å². The van der Waals surface area contributed by atoms with E-state index in [0.717, 1.165) is 13.1 Å². The molecule has 0 saturated carbocycles. The first kappa shape index (κ1) is 9.48. The van der Waals surface area contributed by atoms with Crippen molar-refractivity contribution in [1.82, 2.24) is 10.2 Å². The summed E-state index contributed by atoms with van der Waals surface area (Å²) in [5, 5.41) is 3.05. The van der Waals surface area contributed by atoms with Gasteiger partial charge in [-0.3, -0.25) is 4.79 Å². The zero-order valence-corrected chi connectivity index (χ0v) is 7.67. The summed E-state index contributed by atoms with van der Waals surface area (Å²) in [6.45, 7) is 4.45. The van der Waals surface area contributed by atoms with Crippen LogP contribution in [-0.4, -0.2) is 50.2 Å². The Bertz CT molecular complexity index is 159. The fourth-order valence-electron chi connectivity index (χ4n) is 1.47. The molecule has 1 atom stereocenters. The minimum absolute atomic E-state index is 0.138. The second-order valence-electron chi connectivity index (χ2n) is 3.00. The summed E-state index contributed by atoms with van der Waals surface area (Å²) in [7, 11) is 1.88. The summed E-state index contributed by atoms with van der Waals surface area (Å²) < 4.78 is 5.28. The number of morpholine rings is 1. The Labute approximate surface area is 72.9 Å². The molecular formula is C8H16N2O2. The fourth-order valence-corrected chi connectivity index (χ4v) is 1.47. The largest absolute Gasteiger partial charge is 0.377 e. The van der Waals surface area contributed by atoms with E-state index >= 15 is 0 Å². The summed E-state index contributed by atoms with van der Waals surface area (Å²) in [5.41, 5.74) is 0. The Hall–Kier alpha value is -0.610. The lowest BCUT2D eigenvalue weighted by molar-refractivity contribution is -0.137. The molecule has 0 radical (unpaired) electrons. The molecule has 1 N–H and O–H groups in total. The normalized spacial score (nSPS) is 24.2. The van der Waals surface area contributed by atoms with Crippen molar-refractivity contribution in [3.05, 3.63) is 0 Å². The summed E-state index contributed by atoms with van der Waals surface area (Å²) in [5.74, 6) is 0.138. The van der Waals surface area contributed by atoms with Crippen LogP contribution in [0, 0.1) is 0 Å². The van der Waals surface area contributed by atoms with Crippen molar-refractivity contribution >= 4 is 5.91 Å². The van der Waals surface area contributed by atoms with E-state index in [2.05, 4.69) is 5.32 Å². The molecule has 1 unspecified atom stereocenters. The first-order valence-electron chi connectivity index (χ1n) is 4.25. The molecule has 0 bridgehead atoms. The molecule has 0 aliphatic carbocycles. The Morgan fingerprint density at radius 3 is 3.08 bits per heavy atom. The first-order chi connectivity index (χ1) is 5.75. The number of carbonyl (C=O) groups is 1. The lowest BCUT2D eigenvalue weighted by atomic mass is 10.2. The smallest absolute Gasteiger partial charge is 0.219 e. The zero-order valence-electron chi connectivity index (χ0n) is 7.67. The number of nitrogens with one attached hydrogen (secondary N) is 1. The fraction of sp³-hybridized carbons (Fsp3) is 0.875. The Kier molecular flexibility index (Phi) is 3.49. The van der Waals surface area contributed by atoms with E-state index in [1.165, 1.54) is 0 Å². The van der Waals surface area contributed by atoms with Crippen LogP contribution >= 0.6 is 0 Å². The van der Waals surface area contributed by atoms with Crippen molar-refractivity contribution in [2.45, 2.75) is 13.0 Å². The van der Waals surface area contributed by atoms with Gasteiger partial charge in [-0.1, -0.05) is 0 Å². The highest BCUT2D eigenvalue weighted by molar-refractivity contribution is 5.73. The van der Waals surface area contributed by atoms with Gasteiger partial charge in [0, 0.05) is 20.0 Å². The molecule has 0 spiro atoms.